The van der Waals surface area contributed by atoms with E-state index in [0.717, 1.165) is 31.9 Å². The predicted octanol–water partition coefficient (Wildman–Crippen LogP) is 3.92. The third-order valence-electron chi connectivity index (χ3n) is 4.78. The zero-order chi connectivity index (χ0) is 20.0. The number of nitrogens with two attached hydrogens (primary N) is 1. The minimum absolute atomic E-state index is 0.0942. The Morgan fingerprint density at radius 1 is 1.32 bits per heavy atom. The Labute approximate surface area is 165 Å². The van der Waals surface area contributed by atoms with Gasteiger partial charge in [-0.15, -0.1) is 11.3 Å². The zero-order valence-electron chi connectivity index (χ0n) is 15.6. The van der Waals surface area contributed by atoms with Crippen LogP contribution in [0.2, 0.25) is 0 Å². The molecule has 1 aliphatic rings. The first kappa shape index (κ1) is 18.0. The number of esters is 1. The third-order valence-corrected chi connectivity index (χ3v) is 5.91. The summed E-state index contributed by atoms with van der Waals surface area (Å²) >= 11 is 1.50. The monoisotopic (exact) mass is 391 g/mol. The lowest BCUT2D eigenvalue weighted by atomic mass is 9.88. The number of nitrogens with zero attached hydrogens (tertiary/aromatic N) is 2. The van der Waals surface area contributed by atoms with E-state index >= 15 is 0 Å². The molecule has 1 atom stereocenters. The third kappa shape index (κ3) is 2.70. The second-order valence-electron chi connectivity index (χ2n) is 6.59. The van der Waals surface area contributed by atoms with Crippen molar-refractivity contribution in [2.75, 3.05) is 7.11 Å². The molecule has 0 saturated carbocycles. The number of methoxy groups -OCH3 is 1. The number of rotatable bonds is 2. The number of aryl methyl sites for hydroxylation is 2. The Balaban J connectivity index is 1.93. The van der Waals surface area contributed by atoms with Crippen molar-refractivity contribution in [3.8, 4) is 11.8 Å². The van der Waals surface area contributed by atoms with Gasteiger partial charge in [-0.05, 0) is 43.2 Å². The molecule has 0 unspecified atom stereocenters. The number of nitriles is 1. The molecule has 0 spiro atoms. The first-order valence-corrected chi connectivity index (χ1v) is 9.42. The lowest BCUT2D eigenvalue weighted by molar-refractivity contribution is 0.0600. The number of aromatic nitrogens is 1. The summed E-state index contributed by atoms with van der Waals surface area (Å²) in [7, 11) is 1.34. The summed E-state index contributed by atoms with van der Waals surface area (Å²) in [6, 6.07) is 11.2. The van der Waals surface area contributed by atoms with Crippen LogP contribution in [0.3, 0.4) is 0 Å². The van der Waals surface area contributed by atoms with Gasteiger partial charge in [-0.25, -0.2) is 9.78 Å². The Kier molecular flexibility index (Phi) is 4.28. The van der Waals surface area contributed by atoms with Crippen LogP contribution in [-0.4, -0.2) is 18.1 Å². The van der Waals surface area contributed by atoms with Crippen molar-refractivity contribution in [1.29, 1.82) is 5.26 Å². The van der Waals surface area contributed by atoms with Gasteiger partial charge < -0.3 is 15.2 Å². The van der Waals surface area contributed by atoms with Crippen LogP contribution in [0, 0.1) is 25.2 Å². The number of hydrogen-bond donors (Lipinski definition) is 1. The summed E-state index contributed by atoms with van der Waals surface area (Å²) in [5.74, 6) is -0.0356. The molecule has 4 rings (SSSR count). The van der Waals surface area contributed by atoms with Crippen molar-refractivity contribution in [3.05, 3.63) is 69.0 Å². The van der Waals surface area contributed by atoms with Crippen LogP contribution in [-0.2, 0) is 4.74 Å². The van der Waals surface area contributed by atoms with Crippen molar-refractivity contribution in [1.82, 2.24) is 4.98 Å². The van der Waals surface area contributed by atoms with Crippen molar-refractivity contribution >= 4 is 27.5 Å². The Bertz CT molecular complexity index is 1190. The highest BCUT2D eigenvalue weighted by atomic mass is 32.1. The van der Waals surface area contributed by atoms with Gasteiger partial charge in [0.1, 0.15) is 16.5 Å². The number of thiophene rings is 1. The molecule has 7 heteroatoms. The van der Waals surface area contributed by atoms with E-state index in [-0.39, 0.29) is 11.8 Å². The molecule has 0 aliphatic carbocycles. The fourth-order valence-corrected chi connectivity index (χ4v) is 4.88. The van der Waals surface area contributed by atoms with Crippen molar-refractivity contribution in [3.63, 3.8) is 0 Å². The lowest BCUT2D eigenvalue weighted by Gasteiger charge is -2.24. The highest BCUT2D eigenvalue weighted by Gasteiger charge is 2.34. The average molecular weight is 391 g/mol. The molecule has 140 valence electrons. The van der Waals surface area contributed by atoms with Gasteiger partial charge in [-0.1, -0.05) is 12.1 Å². The summed E-state index contributed by atoms with van der Waals surface area (Å²) in [4.78, 5) is 18.1. The van der Waals surface area contributed by atoms with Gasteiger partial charge in [0.05, 0.1) is 28.9 Å². The molecular weight excluding hydrogens is 374 g/mol. The normalized spacial score (nSPS) is 15.7. The van der Waals surface area contributed by atoms with Gasteiger partial charge in [0.15, 0.2) is 5.75 Å². The number of carbonyl (C=O) groups excluding carboxylic acids is 1. The van der Waals surface area contributed by atoms with Crippen molar-refractivity contribution < 1.29 is 14.3 Å². The smallest absolute Gasteiger partial charge is 0.337 e. The number of hydrogen-bond acceptors (Lipinski definition) is 7. The van der Waals surface area contributed by atoms with E-state index in [9.17, 15) is 10.1 Å². The molecule has 2 N–H and O–H groups in total. The molecule has 0 radical (unpaired) electrons. The van der Waals surface area contributed by atoms with Crippen molar-refractivity contribution in [2.24, 2.45) is 5.73 Å². The van der Waals surface area contributed by atoms with Crippen LogP contribution < -0.4 is 10.5 Å². The van der Waals surface area contributed by atoms with E-state index in [1.54, 1.807) is 12.1 Å². The Morgan fingerprint density at radius 3 is 2.68 bits per heavy atom. The molecule has 2 aromatic heterocycles. The number of benzene rings is 1. The van der Waals surface area contributed by atoms with Gasteiger partial charge in [0, 0.05) is 5.69 Å². The van der Waals surface area contributed by atoms with E-state index < -0.39 is 5.97 Å². The summed E-state index contributed by atoms with van der Waals surface area (Å²) < 4.78 is 10.6. The van der Waals surface area contributed by atoms with Crippen LogP contribution in [0.1, 0.15) is 38.0 Å². The van der Waals surface area contributed by atoms with Crippen LogP contribution in [0.25, 0.3) is 10.2 Å². The molecular formula is C21H17N3O3S. The van der Waals surface area contributed by atoms with Crippen molar-refractivity contribution in [2.45, 2.75) is 19.8 Å². The highest BCUT2D eigenvalue weighted by molar-refractivity contribution is 7.19. The SMILES string of the molecule is COC(=O)c1ccc([C@@H]2C(C#N)=C(N)Oc3c2sc2nc(C)cc(C)c32)cc1. The number of fused-ring (bicyclic) bond motifs is 3. The summed E-state index contributed by atoms with van der Waals surface area (Å²) in [5.41, 5.74) is 9.71. The Morgan fingerprint density at radius 2 is 2.04 bits per heavy atom. The van der Waals surface area contributed by atoms with E-state index in [1.807, 2.05) is 32.0 Å². The first-order valence-electron chi connectivity index (χ1n) is 8.61. The second-order valence-corrected chi connectivity index (χ2v) is 7.63. The fraction of sp³-hybridized carbons (Fsp3) is 0.190. The largest absolute Gasteiger partial charge is 0.465 e. The van der Waals surface area contributed by atoms with Gasteiger partial charge in [0.2, 0.25) is 5.88 Å². The summed E-state index contributed by atoms with van der Waals surface area (Å²) in [6.45, 7) is 3.95. The maximum absolute atomic E-state index is 11.7. The second kappa shape index (κ2) is 6.66. The predicted molar refractivity (Wildman–Crippen MR) is 106 cm³/mol. The number of ether oxygens (including phenoxy) is 2. The molecule has 3 aromatic rings. The van der Waals surface area contributed by atoms with Gasteiger partial charge in [-0.3, -0.25) is 0 Å². The number of pyridine rings is 1. The molecule has 1 aromatic carbocycles. The summed E-state index contributed by atoms with van der Waals surface area (Å²) in [5, 5.41) is 10.6. The van der Waals surface area contributed by atoms with Crippen LogP contribution in [0.4, 0.5) is 0 Å². The Hall–Kier alpha value is -3.37. The maximum atomic E-state index is 11.7. The van der Waals surface area contributed by atoms with Gasteiger partial charge >= 0.3 is 5.97 Å². The molecule has 28 heavy (non-hydrogen) atoms. The molecule has 0 bridgehead atoms. The topological polar surface area (TPSA) is 98.2 Å². The highest BCUT2D eigenvalue weighted by Crippen LogP contribution is 2.50. The maximum Gasteiger partial charge on any atom is 0.337 e. The lowest BCUT2D eigenvalue weighted by Crippen LogP contribution is -2.20. The van der Waals surface area contributed by atoms with Gasteiger partial charge in [0.25, 0.3) is 0 Å². The standard InChI is InChI=1S/C21H17N3O3S/c1-10-8-11(2)24-20-15(10)17-18(28-20)16(14(9-22)19(23)27-17)12-4-6-13(7-5-12)21(25)26-3/h4-8,16H,23H2,1-3H3/t16-/m1/s1. The van der Waals surface area contributed by atoms with E-state index in [0.29, 0.717) is 16.9 Å². The van der Waals surface area contributed by atoms with Crippen LogP contribution in [0.5, 0.6) is 5.75 Å². The van der Waals surface area contributed by atoms with Crippen LogP contribution in [0.15, 0.2) is 41.8 Å². The van der Waals surface area contributed by atoms with E-state index in [4.69, 9.17) is 15.2 Å². The number of allylic oxidation sites excluding steroid dienone is 1. The molecule has 3 heterocycles. The van der Waals surface area contributed by atoms with E-state index in [2.05, 4.69) is 11.1 Å². The molecule has 0 amide bonds. The average Bonchev–Trinajstić information content (AvgIpc) is 3.04. The molecule has 0 saturated heterocycles. The molecule has 1 aliphatic heterocycles. The quantitative estimate of drug-likeness (QED) is 0.665. The minimum atomic E-state index is -0.410. The molecule has 0 fully saturated rings. The van der Waals surface area contributed by atoms with E-state index in [1.165, 1.54) is 18.4 Å². The number of carbonyl (C=O) groups is 1. The summed E-state index contributed by atoms with van der Waals surface area (Å²) in [6.07, 6.45) is 0. The molecule has 6 nitrogen and oxygen atoms in total. The van der Waals surface area contributed by atoms with Gasteiger partial charge in [-0.2, -0.15) is 5.26 Å². The fourth-order valence-electron chi connectivity index (χ4n) is 3.52. The first-order chi connectivity index (χ1) is 13.4. The zero-order valence-corrected chi connectivity index (χ0v) is 16.4. The van der Waals surface area contributed by atoms with Crippen LogP contribution >= 0.6 is 11.3 Å². The minimum Gasteiger partial charge on any atom is -0.465 e.